The van der Waals surface area contributed by atoms with E-state index in [1.165, 1.54) is 51.7 Å². The Morgan fingerprint density at radius 1 is 1.30 bits per heavy atom. The van der Waals surface area contributed by atoms with Gasteiger partial charge >= 0.3 is 0 Å². The third-order valence-corrected chi connectivity index (χ3v) is 4.76. The lowest BCUT2D eigenvalue weighted by atomic mass is 10.0. The normalized spacial score (nSPS) is 27.9. The van der Waals surface area contributed by atoms with Gasteiger partial charge in [-0.25, -0.2) is 4.98 Å². The molecule has 2 heterocycles. The topological polar surface area (TPSA) is 33.1 Å². The molecule has 2 unspecified atom stereocenters. The number of aryl methyl sites for hydroxylation is 1. The fraction of sp³-hybridized carbons (Fsp3) is 0.812. The van der Waals surface area contributed by atoms with Crippen LogP contribution in [0.4, 0.5) is 0 Å². The lowest BCUT2D eigenvalue weighted by Gasteiger charge is -2.41. The lowest BCUT2D eigenvalue weighted by molar-refractivity contribution is 0.109. The van der Waals surface area contributed by atoms with Crippen molar-refractivity contribution in [2.24, 2.45) is 5.92 Å². The summed E-state index contributed by atoms with van der Waals surface area (Å²) in [7, 11) is 0. The van der Waals surface area contributed by atoms with Crippen LogP contribution in [0.2, 0.25) is 0 Å². The molecule has 1 N–H and O–H groups in total. The van der Waals surface area contributed by atoms with E-state index in [1.54, 1.807) is 0 Å². The second-order valence-electron chi connectivity index (χ2n) is 6.45. The lowest BCUT2D eigenvalue weighted by Crippen LogP contribution is -2.57. The van der Waals surface area contributed by atoms with Gasteiger partial charge in [-0.1, -0.05) is 13.3 Å². The number of aromatic nitrogens is 2. The van der Waals surface area contributed by atoms with Crippen LogP contribution in [0.3, 0.4) is 0 Å². The van der Waals surface area contributed by atoms with Gasteiger partial charge in [0.25, 0.3) is 0 Å². The SMILES string of the molecule is CCCC1CN(CCCn2ccnc2)C(C2CC2)CN1. The van der Waals surface area contributed by atoms with Crippen LogP contribution >= 0.6 is 0 Å². The van der Waals surface area contributed by atoms with E-state index in [4.69, 9.17) is 0 Å². The second-order valence-corrected chi connectivity index (χ2v) is 6.45. The zero-order valence-corrected chi connectivity index (χ0v) is 12.7. The number of imidazole rings is 1. The van der Waals surface area contributed by atoms with Gasteiger partial charge < -0.3 is 9.88 Å². The molecule has 2 aliphatic rings. The predicted molar refractivity (Wildman–Crippen MR) is 81.6 cm³/mol. The molecule has 3 rings (SSSR count). The predicted octanol–water partition coefficient (Wildman–Crippen LogP) is 2.13. The van der Waals surface area contributed by atoms with Crippen LogP contribution in [-0.2, 0) is 6.54 Å². The first-order valence-corrected chi connectivity index (χ1v) is 8.30. The Bertz CT molecular complexity index is 385. The Morgan fingerprint density at radius 3 is 2.90 bits per heavy atom. The quantitative estimate of drug-likeness (QED) is 0.828. The van der Waals surface area contributed by atoms with Crippen molar-refractivity contribution in [1.82, 2.24) is 19.8 Å². The number of nitrogens with one attached hydrogen (secondary N) is 1. The van der Waals surface area contributed by atoms with Crippen molar-refractivity contribution in [2.45, 2.75) is 57.7 Å². The van der Waals surface area contributed by atoms with Crippen molar-refractivity contribution in [3.8, 4) is 0 Å². The zero-order chi connectivity index (χ0) is 13.8. The molecule has 4 heteroatoms. The average Bonchev–Trinajstić information content (AvgIpc) is 3.16. The van der Waals surface area contributed by atoms with Crippen molar-refractivity contribution >= 4 is 0 Å². The van der Waals surface area contributed by atoms with E-state index in [0.29, 0.717) is 6.04 Å². The number of nitrogens with zero attached hydrogens (tertiary/aromatic N) is 3. The van der Waals surface area contributed by atoms with Gasteiger partial charge in [0, 0.05) is 50.7 Å². The summed E-state index contributed by atoms with van der Waals surface area (Å²) in [4.78, 5) is 6.89. The van der Waals surface area contributed by atoms with E-state index in [9.17, 15) is 0 Å². The van der Waals surface area contributed by atoms with Crippen LogP contribution in [0.1, 0.15) is 39.0 Å². The highest BCUT2D eigenvalue weighted by Gasteiger charge is 2.38. The van der Waals surface area contributed by atoms with Crippen LogP contribution in [0.5, 0.6) is 0 Å². The van der Waals surface area contributed by atoms with Crippen molar-refractivity contribution in [3.05, 3.63) is 18.7 Å². The molecule has 1 saturated carbocycles. The first-order valence-electron chi connectivity index (χ1n) is 8.30. The Labute approximate surface area is 122 Å². The van der Waals surface area contributed by atoms with E-state index >= 15 is 0 Å². The molecule has 112 valence electrons. The standard InChI is InChI=1S/C16H28N4/c1-2-4-15-12-20(16(11-18-15)14-5-6-14)9-3-8-19-10-7-17-13-19/h7,10,13-16,18H,2-6,8-9,11-12H2,1H3. The number of rotatable bonds is 7. The maximum Gasteiger partial charge on any atom is 0.0945 e. The number of hydrogen-bond acceptors (Lipinski definition) is 3. The Kier molecular flexibility index (Phi) is 4.73. The summed E-state index contributed by atoms with van der Waals surface area (Å²) >= 11 is 0. The van der Waals surface area contributed by atoms with Crippen LogP contribution in [0.15, 0.2) is 18.7 Å². The minimum absolute atomic E-state index is 0.711. The molecule has 4 nitrogen and oxygen atoms in total. The maximum absolute atomic E-state index is 4.12. The first kappa shape index (κ1) is 14.1. The minimum atomic E-state index is 0.711. The van der Waals surface area contributed by atoms with Gasteiger partial charge in [-0.2, -0.15) is 0 Å². The fourth-order valence-electron chi connectivity index (χ4n) is 3.52. The summed E-state index contributed by atoms with van der Waals surface area (Å²) in [6.07, 6.45) is 12.6. The Hall–Kier alpha value is -0.870. The molecule has 0 bridgehead atoms. The molecule has 1 aliphatic carbocycles. The highest BCUT2D eigenvalue weighted by Crippen LogP contribution is 2.36. The van der Waals surface area contributed by atoms with E-state index in [2.05, 4.69) is 32.9 Å². The van der Waals surface area contributed by atoms with Crippen molar-refractivity contribution in [1.29, 1.82) is 0 Å². The van der Waals surface area contributed by atoms with Gasteiger partial charge in [0.1, 0.15) is 0 Å². The molecule has 0 amide bonds. The minimum Gasteiger partial charge on any atom is -0.337 e. The largest absolute Gasteiger partial charge is 0.337 e. The molecular weight excluding hydrogens is 248 g/mol. The molecule has 1 aromatic heterocycles. The van der Waals surface area contributed by atoms with Crippen LogP contribution in [0, 0.1) is 5.92 Å². The molecule has 1 aromatic rings. The van der Waals surface area contributed by atoms with Gasteiger partial charge in [0.15, 0.2) is 0 Å². The number of piperazine rings is 1. The molecule has 2 fully saturated rings. The molecule has 0 aromatic carbocycles. The van der Waals surface area contributed by atoms with Crippen LogP contribution < -0.4 is 5.32 Å². The second kappa shape index (κ2) is 6.72. The van der Waals surface area contributed by atoms with Gasteiger partial charge in [0.05, 0.1) is 6.33 Å². The fourth-order valence-corrected chi connectivity index (χ4v) is 3.52. The summed E-state index contributed by atoms with van der Waals surface area (Å²) in [5.74, 6) is 0.971. The van der Waals surface area contributed by atoms with Gasteiger partial charge in [0.2, 0.25) is 0 Å². The summed E-state index contributed by atoms with van der Waals surface area (Å²) in [6, 6.07) is 1.51. The zero-order valence-electron chi connectivity index (χ0n) is 12.7. The smallest absolute Gasteiger partial charge is 0.0945 e. The molecule has 20 heavy (non-hydrogen) atoms. The van der Waals surface area contributed by atoms with Crippen LogP contribution in [0.25, 0.3) is 0 Å². The molecule has 0 radical (unpaired) electrons. The highest BCUT2D eigenvalue weighted by atomic mass is 15.2. The molecule has 0 spiro atoms. The van der Waals surface area contributed by atoms with E-state index in [0.717, 1.165) is 18.5 Å². The van der Waals surface area contributed by atoms with E-state index in [-0.39, 0.29) is 0 Å². The van der Waals surface area contributed by atoms with Crippen molar-refractivity contribution < 1.29 is 0 Å². The van der Waals surface area contributed by atoms with Crippen molar-refractivity contribution in [2.75, 3.05) is 19.6 Å². The Morgan fingerprint density at radius 2 is 2.20 bits per heavy atom. The van der Waals surface area contributed by atoms with Crippen LogP contribution in [-0.4, -0.2) is 46.2 Å². The molecular formula is C16H28N4. The molecule has 1 aliphatic heterocycles. The summed E-state index contributed by atoms with van der Waals surface area (Å²) < 4.78 is 2.19. The summed E-state index contributed by atoms with van der Waals surface area (Å²) in [5, 5.41) is 3.77. The maximum atomic E-state index is 4.12. The van der Waals surface area contributed by atoms with E-state index < -0.39 is 0 Å². The third kappa shape index (κ3) is 3.61. The van der Waals surface area contributed by atoms with E-state index in [1.807, 2.05) is 12.5 Å². The van der Waals surface area contributed by atoms with Crippen molar-refractivity contribution in [3.63, 3.8) is 0 Å². The highest BCUT2D eigenvalue weighted by molar-refractivity contribution is 4.95. The van der Waals surface area contributed by atoms with Gasteiger partial charge in [-0.15, -0.1) is 0 Å². The monoisotopic (exact) mass is 276 g/mol. The number of hydrogen-bond donors (Lipinski definition) is 1. The van der Waals surface area contributed by atoms with Gasteiger partial charge in [-0.05, 0) is 31.6 Å². The molecule has 2 atom stereocenters. The summed E-state index contributed by atoms with van der Waals surface area (Å²) in [5.41, 5.74) is 0. The first-order chi connectivity index (χ1) is 9.86. The Balaban J connectivity index is 1.49. The third-order valence-electron chi connectivity index (χ3n) is 4.76. The molecule has 1 saturated heterocycles. The average molecular weight is 276 g/mol. The summed E-state index contributed by atoms with van der Waals surface area (Å²) in [6.45, 7) is 7.08. The van der Waals surface area contributed by atoms with Gasteiger partial charge in [-0.3, -0.25) is 4.90 Å².